The second-order valence-corrected chi connectivity index (χ2v) is 6.43. The van der Waals surface area contributed by atoms with Crippen molar-refractivity contribution >= 4 is 17.4 Å². The molecule has 0 spiro atoms. The monoisotopic (exact) mass is 395 g/mol. The SMILES string of the molecule is CCON1C(c2cnc(NCc3ccccc3)o2)=C(c2ccc(F)cc2)NN1C. The van der Waals surface area contributed by atoms with Crippen molar-refractivity contribution in [1.29, 1.82) is 0 Å². The predicted molar refractivity (Wildman–Crippen MR) is 108 cm³/mol. The second-order valence-electron chi connectivity index (χ2n) is 6.43. The number of nitrogens with one attached hydrogen (secondary N) is 2. The van der Waals surface area contributed by atoms with Crippen molar-refractivity contribution in [2.45, 2.75) is 13.5 Å². The van der Waals surface area contributed by atoms with E-state index in [0.717, 1.165) is 16.8 Å². The summed E-state index contributed by atoms with van der Waals surface area (Å²) in [4.78, 5) is 10.1. The predicted octanol–water partition coefficient (Wildman–Crippen LogP) is 3.87. The quantitative estimate of drug-likeness (QED) is 0.630. The number of hydroxylamine groups is 1. The van der Waals surface area contributed by atoms with E-state index in [1.165, 1.54) is 12.1 Å². The van der Waals surface area contributed by atoms with Gasteiger partial charge in [0.15, 0.2) is 11.5 Å². The third-order valence-electron chi connectivity index (χ3n) is 4.38. The van der Waals surface area contributed by atoms with Crippen LogP contribution in [0.25, 0.3) is 11.4 Å². The maximum absolute atomic E-state index is 13.4. The van der Waals surface area contributed by atoms with Gasteiger partial charge >= 0.3 is 0 Å². The van der Waals surface area contributed by atoms with Crippen LogP contribution in [0.15, 0.2) is 65.2 Å². The van der Waals surface area contributed by atoms with E-state index in [-0.39, 0.29) is 5.82 Å². The molecule has 0 saturated carbocycles. The van der Waals surface area contributed by atoms with Crippen LogP contribution in [-0.4, -0.2) is 28.9 Å². The number of halogens is 1. The first-order chi connectivity index (χ1) is 14.2. The first-order valence-electron chi connectivity index (χ1n) is 9.33. The van der Waals surface area contributed by atoms with Gasteiger partial charge < -0.3 is 9.73 Å². The van der Waals surface area contributed by atoms with Gasteiger partial charge in [-0.2, -0.15) is 5.17 Å². The summed E-state index contributed by atoms with van der Waals surface area (Å²) in [5.41, 5.74) is 6.52. The largest absolute Gasteiger partial charge is 0.422 e. The molecular weight excluding hydrogens is 373 g/mol. The van der Waals surface area contributed by atoms with Gasteiger partial charge in [0, 0.05) is 19.2 Å². The number of aromatic nitrogens is 1. The summed E-state index contributed by atoms with van der Waals surface area (Å²) >= 11 is 0. The van der Waals surface area contributed by atoms with Crippen LogP contribution in [0.5, 0.6) is 0 Å². The summed E-state index contributed by atoms with van der Waals surface area (Å²) in [5, 5.41) is 6.47. The molecule has 3 aromatic rings. The van der Waals surface area contributed by atoms with Gasteiger partial charge in [-0.15, -0.1) is 5.12 Å². The zero-order chi connectivity index (χ0) is 20.2. The smallest absolute Gasteiger partial charge is 0.295 e. The Morgan fingerprint density at radius 2 is 1.90 bits per heavy atom. The van der Waals surface area contributed by atoms with Crippen LogP contribution in [0, 0.1) is 5.82 Å². The molecule has 0 saturated heterocycles. The Morgan fingerprint density at radius 1 is 1.14 bits per heavy atom. The number of benzene rings is 2. The van der Waals surface area contributed by atoms with E-state index < -0.39 is 0 Å². The molecule has 0 fully saturated rings. The van der Waals surface area contributed by atoms with Gasteiger partial charge in [0.2, 0.25) is 0 Å². The van der Waals surface area contributed by atoms with Crippen molar-refractivity contribution in [3.8, 4) is 0 Å². The fourth-order valence-electron chi connectivity index (χ4n) is 3.05. The second kappa shape index (κ2) is 8.34. The molecule has 0 bridgehead atoms. The van der Waals surface area contributed by atoms with Crippen LogP contribution in [0.3, 0.4) is 0 Å². The summed E-state index contributed by atoms with van der Waals surface area (Å²) in [6.45, 7) is 2.95. The zero-order valence-corrected chi connectivity index (χ0v) is 16.2. The summed E-state index contributed by atoms with van der Waals surface area (Å²) in [6.07, 6.45) is 1.64. The minimum Gasteiger partial charge on any atom is -0.422 e. The van der Waals surface area contributed by atoms with Crippen molar-refractivity contribution in [1.82, 2.24) is 20.7 Å². The molecule has 7 nitrogen and oxygen atoms in total. The van der Waals surface area contributed by atoms with E-state index >= 15 is 0 Å². The van der Waals surface area contributed by atoms with E-state index in [1.807, 2.05) is 44.3 Å². The highest BCUT2D eigenvalue weighted by Crippen LogP contribution is 2.34. The molecule has 0 radical (unpaired) electrons. The number of hydrogen-bond donors (Lipinski definition) is 2. The number of rotatable bonds is 7. The van der Waals surface area contributed by atoms with Crippen LogP contribution in [0.4, 0.5) is 10.4 Å². The van der Waals surface area contributed by atoms with Gasteiger partial charge in [0.25, 0.3) is 6.01 Å². The lowest BCUT2D eigenvalue weighted by Crippen LogP contribution is -2.39. The van der Waals surface area contributed by atoms with Crippen molar-refractivity contribution < 1.29 is 13.6 Å². The lowest BCUT2D eigenvalue weighted by Gasteiger charge is -2.25. The molecule has 8 heteroatoms. The maximum atomic E-state index is 13.4. The number of nitrogens with zero attached hydrogens (tertiary/aromatic N) is 3. The van der Waals surface area contributed by atoms with E-state index in [0.29, 0.717) is 30.6 Å². The summed E-state index contributed by atoms with van der Waals surface area (Å²) in [6, 6.07) is 16.6. The Labute approximate surface area is 168 Å². The van der Waals surface area contributed by atoms with E-state index in [1.54, 1.807) is 28.6 Å². The Hall–Kier alpha value is -3.36. The van der Waals surface area contributed by atoms with Gasteiger partial charge in [-0.3, -0.25) is 10.3 Å². The number of hydrazine groups is 2. The zero-order valence-electron chi connectivity index (χ0n) is 16.2. The molecule has 0 atom stereocenters. The Balaban J connectivity index is 1.64. The topological polar surface area (TPSA) is 65.8 Å². The highest BCUT2D eigenvalue weighted by molar-refractivity contribution is 5.88. The molecule has 2 heterocycles. The number of hydrogen-bond acceptors (Lipinski definition) is 7. The fraction of sp³-hybridized carbons (Fsp3) is 0.190. The van der Waals surface area contributed by atoms with E-state index in [9.17, 15) is 4.39 Å². The van der Waals surface area contributed by atoms with Crippen LogP contribution < -0.4 is 10.7 Å². The fourth-order valence-corrected chi connectivity index (χ4v) is 3.05. The van der Waals surface area contributed by atoms with Gasteiger partial charge in [-0.1, -0.05) is 30.3 Å². The molecule has 4 rings (SSSR count). The van der Waals surface area contributed by atoms with Gasteiger partial charge in [0.05, 0.1) is 18.5 Å². The highest BCUT2D eigenvalue weighted by atomic mass is 19.1. The van der Waals surface area contributed by atoms with Crippen molar-refractivity contribution in [2.24, 2.45) is 0 Å². The standard InChI is InChI=1S/C21H22FN5O2/c1-3-28-27-20(19(25-26(27)2)16-9-11-17(22)12-10-16)18-14-24-21(29-18)23-13-15-7-5-4-6-8-15/h4-12,14,25H,3,13H2,1-2H3,(H,23,24). The molecule has 29 heavy (non-hydrogen) atoms. The van der Waals surface area contributed by atoms with Crippen molar-refractivity contribution in [2.75, 3.05) is 19.0 Å². The summed E-state index contributed by atoms with van der Waals surface area (Å²) in [5.74, 6) is 0.223. The highest BCUT2D eigenvalue weighted by Gasteiger charge is 2.32. The average molecular weight is 395 g/mol. The lowest BCUT2D eigenvalue weighted by molar-refractivity contribution is -0.231. The molecule has 1 aromatic heterocycles. The van der Waals surface area contributed by atoms with Crippen LogP contribution in [-0.2, 0) is 11.4 Å². The maximum Gasteiger partial charge on any atom is 0.295 e. The molecule has 1 aliphatic heterocycles. The van der Waals surface area contributed by atoms with Crippen molar-refractivity contribution in [3.63, 3.8) is 0 Å². The Bertz CT molecular complexity index is 988. The first-order valence-corrected chi connectivity index (χ1v) is 9.33. The lowest BCUT2D eigenvalue weighted by atomic mass is 10.1. The van der Waals surface area contributed by atoms with Crippen LogP contribution in [0.2, 0.25) is 0 Å². The molecule has 0 aliphatic carbocycles. The molecule has 1 aliphatic rings. The van der Waals surface area contributed by atoms with Crippen molar-refractivity contribution in [3.05, 3.63) is 83.5 Å². The molecular formula is C21H22FN5O2. The van der Waals surface area contributed by atoms with E-state index in [4.69, 9.17) is 9.25 Å². The average Bonchev–Trinajstić information content (AvgIpc) is 3.33. The third-order valence-corrected chi connectivity index (χ3v) is 4.38. The summed E-state index contributed by atoms with van der Waals surface area (Å²) < 4.78 is 19.3. The van der Waals surface area contributed by atoms with Gasteiger partial charge in [-0.05, 0) is 36.8 Å². The third kappa shape index (κ3) is 4.08. The minimum atomic E-state index is -0.295. The van der Waals surface area contributed by atoms with Gasteiger partial charge in [-0.25, -0.2) is 9.37 Å². The molecule has 0 unspecified atom stereocenters. The first kappa shape index (κ1) is 19.0. The molecule has 2 aromatic carbocycles. The Kier molecular flexibility index (Phi) is 5.46. The van der Waals surface area contributed by atoms with Crippen LogP contribution in [0.1, 0.15) is 23.8 Å². The summed E-state index contributed by atoms with van der Waals surface area (Å²) in [7, 11) is 1.82. The Morgan fingerprint density at radius 3 is 2.62 bits per heavy atom. The molecule has 2 N–H and O–H groups in total. The number of anilines is 1. The molecule has 0 amide bonds. The minimum absolute atomic E-state index is 0.295. The normalized spacial score (nSPS) is 14.4. The van der Waals surface area contributed by atoms with Gasteiger partial charge in [0.1, 0.15) is 5.82 Å². The van der Waals surface area contributed by atoms with E-state index in [2.05, 4.69) is 15.7 Å². The van der Waals surface area contributed by atoms with Crippen LogP contribution >= 0.6 is 0 Å². The number of oxazole rings is 1. The molecule has 150 valence electrons.